The third-order valence-electron chi connectivity index (χ3n) is 4.50. The Bertz CT molecular complexity index is 746. The van der Waals surface area contributed by atoms with Gasteiger partial charge in [-0.05, 0) is 39.0 Å². The van der Waals surface area contributed by atoms with Gasteiger partial charge in [-0.25, -0.2) is 14.0 Å². The second-order valence-corrected chi connectivity index (χ2v) is 7.78. The maximum Gasteiger partial charge on any atom is 0.416 e. The van der Waals surface area contributed by atoms with Crippen LogP contribution in [0.15, 0.2) is 18.2 Å². The summed E-state index contributed by atoms with van der Waals surface area (Å²) in [5.41, 5.74) is 0.188. The van der Waals surface area contributed by atoms with Gasteiger partial charge in [0.05, 0.1) is 31.1 Å². The van der Waals surface area contributed by atoms with Gasteiger partial charge in [0.15, 0.2) is 6.23 Å². The summed E-state index contributed by atoms with van der Waals surface area (Å²) in [6, 6.07) is 4.63. The van der Waals surface area contributed by atoms with Crippen molar-refractivity contribution in [3.8, 4) is 0 Å². The molecule has 1 aromatic rings. The summed E-state index contributed by atoms with van der Waals surface area (Å²) in [6.45, 7) is 7.69. The molecule has 2 fully saturated rings. The number of anilines is 2. The molecule has 1 atom stereocenters. The number of benzene rings is 1. The van der Waals surface area contributed by atoms with Crippen LogP contribution in [0.25, 0.3) is 0 Å². The van der Waals surface area contributed by atoms with Gasteiger partial charge in [-0.3, -0.25) is 9.80 Å². The smallest absolute Gasteiger partial charge is 0.416 e. The first kappa shape index (κ1) is 20.2. The molecule has 0 aliphatic carbocycles. The van der Waals surface area contributed by atoms with Crippen LogP contribution in [0.4, 0.5) is 25.4 Å². The quantitative estimate of drug-likeness (QED) is 0.784. The van der Waals surface area contributed by atoms with Crippen molar-refractivity contribution in [3.05, 3.63) is 24.0 Å². The molecular formula is C19H26FN3O5. The van der Waals surface area contributed by atoms with Crippen LogP contribution >= 0.6 is 0 Å². The van der Waals surface area contributed by atoms with Crippen LogP contribution in [0, 0.1) is 5.82 Å². The number of morpholine rings is 1. The minimum atomic E-state index is -0.815. The van der Waals surface area contributed by atoms with Gasteiger partial charge in [-0.15, -0.1) is 0 Å². The lowest BCUT2D eigenvalue weighted by Gasteiger charge is -2.29. The third kappa shape index (κ3) is 4.46. The summed E-state index contributed by atoms with van der Waals surface area (Å²) in [5, 5.41) is 0. The Hall–Kier alpha value is -2.55. The molecule has 2 saturated heterocycles. The zero-order valence-electron chi connectivity index (χ0n) is 16.6. The molecule has 0 bridgehead atoms. The first-order valence-electron chi connectivity index (χ1n) is 9.22. The number of carbonyl (C=O) groups excluding carboxylic acids is 2. The van der Waals surface area contributed by atoms with E-state index in [2.05, 4.69) is 0 Å². The number of cyclic esters (lactones) is 1. The zero-order valence-corrected chi connectivity index (χ0v) is 16.6. The average Bonchev–Trinajstić information content (AvgIpc) is 3.02. The van der Waals surface area contributed by atoms with Crippen molar-refractivity contribution < 1.29 is 28.2 Å². The molecule has 0 radical (unpaired) electrons. The summed E-state index contributed by atoms with van der Waals surface area (Å²) in [7, 11) is 1.50. The Morgan fingerprint density at radius 3 is 2.57 bits per heavy atom. The molecule has 28 heavy (non-hydrogen) atoms. The predicted molar refractivity (Wildman–Crippen MR) is 101 cm³/mol. The highest BCUT2D eigenvalue weighted by Gasteiger charge is 2.38. The standard InChI is InChI=1S/C19H26FN3O5/c1-19(2,3)28-17(24)21(4)16-12-23(18(25)27-16)13-5-6-15(14(20)11-13)22-7-9-26-10-8-22/h5-6,11,16H,7-10,12H2,1-4H3/t16-/m0/s1. The lowest BCUT2D eigenvalue weighted by atomic mass is 10.2. The summed E-state index contributed by atoms with van der Waals surface area (Å²) >= 11 is 0. The van der Waals surface area contributed by atoms with Crippen LogP contribution in [-0.2, 0) is 14.2 Å². The number of hydrogen-bond donors (Lipinski definition) is 0. The Balaban J connectivity index is 1.69. The number of nitrogens with zero attached hydrogens (tertiary/aromatic N) is 3. The molecule has 0 spiro atoms. The van der Waals surface area contributed by atoms with Gasteiger partial charge in [0.2, 0.25) is 0 Å². The highest BCUT2D eigenvalue weighted by atomic mass is 19.1. The summed E-state index contributed by atoms with van der Waals surface area (Å²) in [5.74, 6) is -0.420. The Labute approximate surface area is 163 Å². The highest BCUT2D eigenvalue weighted by Crippen LogP contribution is 2.29. The number of hydrogen-bond acceptors (Lipinski definition) is 6. The largest absolute Gasteiger partial charge is 0.444 e. The summed E-state index contributed by atoms with van der Waals surface area (Å²) in [6.07, 6.45) is -2.05. The van der Waals surface area contributed by atoms with Crippen molar-refractivity contribution >= 4 is 23.6 Å². The molecule has 0 unspecified atom stereocenters. The molecular weight excluding hydrogens is 369 g/mol. The number of likely N-dealkylation sites (N-methyl/N-ethyl adjacent to an activating group) is 1. The van der Waals surface area contributed by atoms with Crippen LogP contribution in [0.3, 0.4) is 0 Å². The van der Waals surface area contributed by atoms with E-state index in [0.29, 0.717) is 37.7 Å². The molecule has 0 aromatic heterocycles. The molecule has 154 valence electrons. The topological polar surface area (TPSA) is 71.5 Å². The van der Waals surface area contributed by atoms with E-state index in [1.807, 2.05) is 4.90 Å². The molecule has 9 heteroatoms. The lowest BCUT2D eigenvalue weighted by molar-refractivity contribution is -0.00992. The van der Waals surface area contributed by atoms with E-state index in [1.54, 1.807) is 32.9 Å². The number of amides is 2. The average molecular weight is 395 g/mol. The van der Waals surface area contributed by atoms with Crippen molar-refractivity contribution in [1.82, 2.24) is 4.90 Å². The number of carbonyl (C=O) groups is 2. The first-order chi connectivity index (χ1) is 13.2. The molecule has 2 aliphatic heterocycles. The Morgan fingerprint density at radius 2 is 1.96 bits per heavy atom. The van der Waals surface area contributed by atoms with E-state index < -0.39 is 29.8 Å². The predicted octanol–water partition coefficient (Wildman–Crippen LogP) is 2.81. The van der Waals surface area contributed by atoms with Crippen LogP contribution in [-0.4, -0.2) is 68.8 Å². The molecule has 2 amide bonds. The van der Waals surface area contributed by atoms with Crippen LogP contribution in [0.2, 0.25) is 0 Å². The Kier molecular flexibility index (Phi) is 5.64. The van der Waals surface area contributed by atoms with Crippen molar-refractivity contribution in [2.75, 3.05) is 49.7 Å². The zero-order chi connectivity index (χ0) is 20.5. The number of halogens is 1. The van der Waals surface area contributed by atoms with E-state index in [9.17, 15) is 14.0 Å². The van der Waals surface area contributed by atoms with Crippen LogP contribution < -0.4 is 9.80 Å². The van der Waals surface area contributed by atoms with Crippen LogP contribution in [0.1, 0.15) is 20.8 Å². The van der Waals surface area contributed by atoms with Crippen molar-refractivity contribution in [2.24, 2.45) is 0 Å². The maximum absolute atomic E-state index is 14.6. The van der Waals surface area contributed by atoms with E-state index in [4.69, 9.17) is 14.2 Å². The highest BCUT2D eigenvalue weighted by molar-refractivity contribution is 5.90. The van der Waals surface area contributed by atoms with E-state index in [-0.39, 0.29) is 6.54 Å². The van der Waals surface area contributed by atoms with Gasteiger partial charge in [0, 0.05) is 20.1 Å². The fourth-order valence-corrected chi connectivity index (χ4v) is 3.04. The monoisotopic (exact) mass is 395 g/mol. The fraction of sp³-hybridized carbons (Fsp3) is 0.579. The first-order valence-corrected chi connectivity index (χ1v) is 9.22. The number of ether oxygens (including phenoxy) is 3. The van der Waals surface area contributed by atoms with E-state index in [0.717, 1.165) is 0 Å². The van der Waals surface area contributed by atoms with Gasteiger partial charge in [-0.2, -0.15) is 0 Å². The SMILES string of the molecule is CN(C(=O)OC(C)(C)C)[C@@H]1CN(c2ccc(N3CCOCC3)c(F)c2)C(=O)O1. The molecule has 2 aliphatic rings. The molecule has 8 nitrogen and oxygen atoms in total. The molecule has 0 N–H and O–H groups in total. The minimum Gasteiger partial charge on any atom is -0.444 e. The summed E-state index contributed by atoms with van der Waals surface area (Å²) in [4.78, 5) is 28.9. The molecule has 0 saturated carbocycles. The second kappa shape index (κ2) is 7.83. The molecule has 3 rings (SSSR count). The normalized spacial score (nSPS) is 20.2. The van der Waals surface area contributed by atoms with Crippen molar-refractivity contribution in [2.45, 2.75) is 32.6 Å². The fourth-order valence-electron chi connectivity index (χ4n) is 3.04. The summed E-state index contributed by atoms with van der Waals surface area (Å²) < 4.78 is 30.5. The number of rotatable bonds is 3. The van der Waals surface area contributed by atoms with Gasteiger partial charge in [0.25, 0.3) is 0 Å². The third-order valence-corrected chi connectivity index (χ3v) is 4.50. The van der Waals surface area contributed by atoms with Crippen molar-refractivity contribution in [3.63, 3.8) is 0 Å². The maximum atomic E-state index is 14.6. The minimum absolute atomic E-state index is 0.0882. The lowest BCUT2D eigenvalue weighted by Crippen LogP contribution is -2.42. The van der Waals surface area contributed by atoms with Gasteiger partial charge in [-0.1, -0.05) is 0 Å². The van der Waals surface area contributed by atoms with Crippen LogP contribution in [0.5, 0.6) is 0 Å². The van der Waals surface area contributed by atoms with Gasteiger partial charge in [0.1, 0.15) is 11.4 Å². The van der Waals surface area contributed by atoms with Gasteiger partial charge < -0.3 is 19.1 Å². The van der Waals surface area contributed by atoms with E-state index in [1.165, 1.54) is 22.9 Å². The second-order valence-electron chi connectivity index (χ2n) is 7.78. The van der Waals surface area contributed by atoms with Gasteiger partial charge >= 0.3 is 12.2 Å². The molecule has 1 aromatic carbocycles. The van der Waals surface area contributed by atoms with E-state index >= 15 is 0 Å². The van der Waals surface area contributed by atoms with Crippen molar-refractivity contribution in [1.29, 1.82) is 0 Å². The Morgan fingerprint density at radius 1 is 1.29 bits per heavy atom. The molecule has 2 heterocycles.